The number of carbonyl (C=O) groups is 1. The van der Waals surface area contributed by atoms with Gasteiger partial charge < -0.3 is 20.5 Å². The fraction of sp³-hybridized carbons (Fsp3) is 0.375. The van der Waals surface area contributed by atoms with Crippen molar-refractivity contribution in [2.45, 2.75) is 45.4 Å². The van der Waals surface area contributed by atoms with Gasteiger partial charge in [-0.05, 0) is 65.6 Å². The van der Waals surface area contributed by atoms with E-state index in [1.807, 2.05) is 30.3 Å². The minimum Gasteiger partial charge on any atom is -0.454 e. The minimum atomic E-state index is -0.488. The Balaban J connectivity index is 1.40. The lowest BCUT2D eigenvalue weighted by molar-refractivity contribution is -0.118. The molecule has 0 aromatic heterocycles. The van der Waals surface area contributed by atoms with Crippen LogP contribution >= 0.6 is 0 Å². The third-order valence-electron chi connectivity index (χ3n) is 6.37. The molecule has 3 N–H and O–H groups in total. The van der Waals surface area contributed by atoms with Gasteiger partial charge in [-0.2, -0.15) is 0 Å². The molecule has 0 unspecified atom stereocenters. The summed E-state index contributed by atoms with van der Waals surface area (Å²) in [4.78, 5) is 13.2. The lowest BCUT2D eigenvalue weighted by Crippen LogP contribution is -2.27. The van der Waals surface area contributed by atoms with Crippen molar-refractivity contribution in [2.24, 2.45) is 11.1 Å². The molecule has 1 amide bonds. The summed E-state index contributed by atoms with van der Waals surface area (Å²) in [5, 5.41) is 3.13. The van der Waals surface area contributed by atoms with Crippen molar-refractivity contribution in [2.75, 3.05) is 12.1 Å². The van der Waals surface area contributed by atoms with Crippen molar-refractivity contribution in [1.29, 1.82) is 0 Å². The summed E-state index contributed by atoms with van der Waals surface area (Å²) in [6, 6.07) is 11.9. The third-order valence-corrected chi connectivity index (χ3v) is 6.37. The maximum absolute atomic E-state index is 13.2. The molecular weight excluding hydrogens is 364 g/mol. The Bertz CT molecular complexity index is 1060. The summed E-state index contributed by atoms with van der Waals surface area (Å²) in [5.74, 6) is 1.47. The van der Waals surface area contributed by atoms with Gasteiger partial charge in [-0.15, -0.1) is 0 Å². The molecule has 1 aliphatic heterocycles. The lowest BCUT2D eigenvalue weighted by Gasteiger charge is -2.21. The summed E-state index contributed by atoms with van der Waals surface area (Å²) in [6.45, 7) is 6.79. The SMILES string of the molecule is CC(C)(C)C1=C(N)c2cc(NC(=O)C3(c4ccc5c(c4)OCO5)CC3)ccc2C1. The smallest absolute Gasteiger partial charge is 0.235 e. The average molecular weight is 390 g/mol. The third kappa shape index (κ3) is 2.87. The molecule has 5 heteroatoms. The Morgan fingerprint density at radius 2 is 1.83 bits per heavy atom. The van der Waals surface area contributed by atoms with Gasteiger partial charge in [0.2, 0.25) is 12.7 Å². The zero-order valence-electron chi connectivity index (χ0n) is 17.1. The van der Waals surface area contributed by atoms with E-state index in [0.717, 1.165) is 47.5 Å². The quantitative estimate of drug-likeness (QED) is 0.817. The van der Waals surface area contributed by atoms with Gasteiger partial charge in [0.05, 0.1) is 5.41 Å². The van der Waals surface area contributed by atoms with E-state index in [0.29, 0.717) is 5.75 Å². The molecule has 2 aromatic carbocycles. The van der Waals surface area contributed by atoms with Gasteiger partial charge in [0, 0.05) is 16.9 Å². The van der Waals surface area contributed by atoms with Gasteiger partial charge in [-0.25, -0.2) is 0 Å². The molecule has 2 aliphatic carbocycles. The molecule has 29 heavy (non-hydrogen) atoms. The van der Waals surface area contributed by atoms with Crippen LogP contribution in [0.3, 0.4) is 0 Å². The van der Waals surface area contributed by atoms with Crippen LogP contribution in [0.1, 0.15) is 50.3 Å². The second-order valence-electron chi connectivity index (χ2n) is 9.30. The van der Waals surface area contributed by atoms with Crippen LogP contribution in [0.15, 0.2) is 42.0 Å². The number of ether oxygens (including phenoxy) is 2. The highest BCUT2D eigenvalue weighted by atomic mass is 16.7. The fourth-order valence-electron chi connectivity index (χ4n) is 4.39. The van der Waals surface area contributed by atoms with Crippen molar-refractivity contribution in [3.63, 3.8) is 0 Å². The van der Waals surface area contributed by atoms with E-state index in [4.69, 9.17) is 15.2 Å². The Labute approximate surface area is 170 Å². The normalized spacial score (nSPS) is 18.6. The van der Waals surface area contributed by atoms with Crippen LogP contribution < -0.4 is 20.5 Å². The molecule has 0 bridgehead atoms. The number of carbonyl (C=O) groups excluding carboxylic acids is 1. The molecular formula is C24H26N2O3. The monoisotopic (exact) mass is 390 g/mol. The molecule has 0 atom stereocenters. The van der Waals surface area contributed by atoms with Crippen LogP contribution in [-0.4, -0.2) is 12.7 Å². The van der Waals surface area contributed by atoms with Crippen molar-refractivity contribution >= 4 is 17.3 Å². The Hall–Kier alpha value is -2.95. The number of anilines is 1. The number of rotatable bonds is 3. The highest BCUT2D eigenvalue weighted by Gasteiger charge is 2.51. The van der Waals surface area contributed by atoms with Gasteiger partial charge in [0.25, 0.3) is 0 Å². The molecule has 5 rings (SSSR count). The van der Waals surface area contributed by atoms with Gasteiger partial charge >= 0.3 is 0 Å². The highest BCUT2D eigenvalue weighted by Crippen LogP contribution is 2.51. The standard InChI is InChI=1S/C24H26N2O3/c1-23(2,3)18-10-14-4-6-16(12-17(14)21(18)25)26-22(27)24(8-9-24)15-5-7-19-20(11-15)29-13-28-19/h4-7,11-12H,8-10,13,25H2,1-3H3,(H,26,27). The number of nitrogens with one attached hydrogen (secondary N) is 1. The first-order valence-electron chi connectivity index (χ1n) is 10.1. The highest BCUT2D eigenvalue weighted by molar-refractivity contribution is 6.02. The second kappa shape index (κ2) is 6.02. The largest absolute Gasteiger partial charge is 0.454 e. The van der Waals surface area contributed by atoms with Gasteiger partial charge in [-0.1, -0.05) is 32.9 Å². The average Bonchev–Trinajstić information content (AvgIpc) is 3.24. The van der Waals surface area contributed by atoms with E-state index >= 15 is 0 Å². The Kier molecular flexibility index (Phi) is 3.76. The van der Waals surface area contributed by atoms with Gasteiger partial charge in [0.1, 0.15) is 0 Å². The number of hydrogen-bond acceptors (Lipinski definition) is 4. The molecule has 2 aromatic rings. The van der Waals surface area contributed by atoms with E-state index in [9.17, 15) is 4.79 Å². The molecule has 150 valence electrons. The molecule has 5 nitrogen and oxygen atoms in total. The second-order valence-corrected chi connectivity index (χ2v) is 9.30. The predicted molar refractivity (Wildman–Crippen MR) is 113 cm³/mol. The van der Waals surface area contributed by atoms with Crippen LogP contribution in [0, 0.1) is 5.41 Å². The van der Waals surface area contributed by atoms with Crippen molar-refractivity contribution < 1.29 is 14.3 Å². The maximum atomic E-state index is 13.2. The first kappa shape index (κ1) is 18.1. The first-order valence-corrected chi connectivity index (χ1v) is 10.1. The van der Waals surface area contributed by atoms with Crippen molar-refractivity contribution in [1.82, 2.24) is 0 Å². The van der Waals surface area contributed by atoms with Crippen LogP contribution in [0.25, 0.3) is 5.70 Å². The van der Waals surface area contributed by atoms with E-state index in [1.165, 1.54) is 11.1 Å². The summed E-state index contributed by atoms with van der Waals surface area (Å²) in [6.07, 6.45) is 2.54. The van der Waals surface area contributed by atoms with E-state index in [-0.39, 0.29) is 18.1 Å². The van der Waals surface area contributed by atoms with Crippen LogP contribution in [0.5, 0.6) is 11.5 Å². The topological polar surface area (TPSA) is 73.6 Å². The van der Waals surface area contributed by atoms with Crippen LogP contribution in [0.4, 0.5) is 5.69 Å². The zero-order chi connectivity index (χ0) is 20.4. The van der Waals surface area contributed by atoms with Crippen molar-refractivity contribution in [3.05, 3.63) is 58.7 Å². The number of hydrogen-bond donors (Lipinski definition) is 2. The Morgan fingerprint density at radius 3 is 2.55 bits per heavy atom. The Morgan fingerprint density at radius 1 is 1.07 bits per heavy atom. The number of allylic oxidation sites excluding steroid dienone is 1. The predicted octanol–water partition coefficient (Wildman–Crippen LogP) is 4.36. The minimum absolute atomic E-state index is 0.0212. The molecule has 3 aliphatic rings. The molecule has 1 heterocycles. The summed E-state index contributed by atoms with van der Waals surface area (Å²) in [7, 11) is 0. The maximum Gasteiger partial charge on any atom is 0.235 e. The molecule has 1 saturated carbocycles. The van der Waals surface area contributed by atoms with Gasteiger partial charge in [-0.3, -0.25) is 4.79 Å². The van der Waals surface area contributed by atoms with Gasteiger partial charge in [0.15, 0.2) is 11.5 Å². The van der Waals surface area contributed by atoms with Crippen LogP contribution in [-0.2, 0) is 16.6 Å². The number of amides is 1. The summed E-state index contributed by atoms with van der Waals surface area (Å²) >= 11 is 0. The lowest BCUT2D eigenvalue weighted by atomic mass is 9.85. The van der Waals surface area contributed by atoms with E-state index in [1.54, 1.807) is 0 Å². The number of benzene rings is 2. The van der Waals surface area contributed by atoms with E-state index in [2.05, 4.69) is 32.2 Å². The number of fused-ring (bicyclic) bond motifs is 2. The van der Waals surface area contributed by atoms with Crippen molar-refractivity contribution in [3.8, 4) is 11.5 Å². The zero-order valence-corrected chi connectivity index (χ0v) is 17.1. The molecule has 0 spiro atoms. The summed E-state index contributed by atoms with van der Waals surface area (Å²) < 4.78 is 10.9. The van der Waals surface area contributed by atoms with Crippen LogP contribution in [0.2, 0.25) is 0 Å². The fourth-order valence-corrected chi connectivity index (χ4v) is 4.39. The first-order chi connectivity index (χ1) is 13.8. The summed E-state index contributed by atoms with van der Waals surface area (Å²) in [5.41, 5.74) is 12.1. The number of nitrogens with two attached hydrogens (primary N) is 1. The van der Waals surface area contributed by atoms with E-state index < -0.39 is 5.41 Å². The molecule has 1 fully saturated rings. The molecule has 0 saturated heterocycles. The molecule has 0 radical (unpaired) electrons.